The van der Waals surface area contributed by atoms with Gasteiger partial charge in [0.15, 0.2) is 0 Å². The van der Waals surface area contributed by atoms with Gasteiger partial charge in [0.1, 0.15) is 18.2 Å². The first-order valence-corrected chi connectivity index (χ1v) is 7.39. The Balaban J connectivity index is 2.39. The Hall–Kier alpha value is -2.38. The van der Waals surface area contributed by atoms with Gasteiger partial charge in [-0.2, -0.15) is 0 Å². The Morgan fingerprint density at radius 1 is 1.12 bits per heavy atom. The molecule has 1 aromatic carbocycles. The number of carbonyl (C=O) groups is 2. The van der Waals surface area contributed by atoms with Crippen LogP contribution in [0, 0.1) is 0 Å². The molecule has 2 N–H and O–H groups in total. The standard InChI is InChI=1S/C16H22F2N2O4/c1-16(2,3)24-15(22)20-12(13(17)18)9-19-14(21)23-10-11-7-5-4-6-8-11/h4-8,12-13H,9-10H2,1-3H3,(H,19,21)(H,20,22)/t12-/m0/s1. The van der Waals surface area contributed by atoms with Crippen molar-refractivity contribution in [2.45, 2.75) is 45.4 Å². The van der Waals surface area contributed by atoms with Crippen LogP contribution in [0.1, 0.15) is 26.3 Å². The Labute approximate surface area is 139 Å². The quantitative estimate of drug-likeness (QED) is 0.831. The van der Waals surface area contributed by atoms with Crippen LogP contribution in [-0.2, 0) is 16.1 Å². The number of rotatable bonds is 6. The fourth-order valence-electron chi connectivity index (χ4n) is 1.63. The van der Waals surface area contributed by atoms with E-state index in [1.165, 1.54) is 0 Å². The van der Waals surface area contributed by atoms with Crippen molar-refractivity contribution in [3.63, 3.8) is 0 Å². The molecule has 8 heteroatoms. The molecule has 24 heavy (non-hydrogen) atoms. The second-order valence-electron chi connectivity index (χ2n) is 6.03. The highest BCUT2D eigenvalue weighted by atomic mass is 19.3. The maximum absolute atomic E-state index is 12.9. The largest absolute Gasteiger partial charge is 0.445 e. The molecule has 1 aromatic rings. The predicted octanol–water partition coefficient (Wildman–Crippen LogP) is 3.07. The van der Waals surface area contributed by atoms with Gasteiger partial charge >= 0.3 is 12.2 Å². The Kier molecular flexibility index (Phi) is 7.41. The first-order valence-electron chi connectivity index (χ1n) is 7.39. The lowest BCUT2D eigenvalue weighted by molar-refractivity contribution is 0.0371. The summed E-state index contributed by atoms with van der Waals surface area (Å²) >= 11 is 0. The zero-order chi connectivity index (χ0) is 18.2. The lowest BCUT2D eigenvalue weighted by atomic mass is 10.2. The first-order chi connectivity index (χ1) is 11.2. The summed E-state index contributed by atoms with van der Waals surface area (Å²) in [5.41, 5.74) is -0.0383. The minimum atomic E-state index is -2.87. The van der Waals surface area contributed by atoms with Crippen LogP contribution in [0.3, 0.4) is 0 Å². The molecule has 1 rings (SSSR count). The van der Waals surface area contributed by atoms with Gasteiger partial charge in [0.05, 0.1) is 0 Å². The van der Waals surface area contributed by atoms with E-state index in [0.29, 0.717) is 0 Å². The minimum absolute atomic E-state index is 0.0194. The first kappa shape index (κ1) is 19.7. The highest BCUT2D eigenvalue weighted by molar-refractivity contribution is 5.69. The maximum Gasteiger partial charge on any atom is 0.408 e. The number of hydrogen-bond acceptors (Lipinski definition) is 4. The molecular weight excluding hydrogens is 322 g/mol. The van der Waals surface area contributed by atoms with Crippen LogP contribution in [0.4, 0.5) is 18.4 Å². The molecule has 0 saturated carbocycles. The van der Waals surface area contributed by atoms with Gasteiger partial charge in [0, 0.05) is 6.54 Å². The molecule has 0 aliphatic heterocycles. The van der Waals surface area contributed by atoms with Crippen molar-refractivity contribution in [1.82, 2.24) is 10.6 Å². The number of amides is 2. The lowest BCUT2D eigenvalue weighted by Crippen LogP contribution is -2.49. The minimum Gasteiger partial charge on any atom is -0.445 e. The molecule has 2 amide bonds. The molecule has 134 valence electrons. The number of alkyl halides is 2. The van der Waals surface area contributed by atoms with Crippen molar-refractivity contribution in [2.75, 3.05) is 6.54 Å². The highest BCUT2D eigenvalue weighted by Crippen LogP contribution is 2.08. The number of ether oxygens (including phenoxy) is 2. The smallest absolute Gasteiger partial charge is 0.408 e. The summed E-state index contributed by atoms with van der Waals surface area (Å²) in [4.78, 5) is 23.1. The number of hydrogen-bond donors (Lipinski definition) is 2. The van der Waals surface area contributed by atoms with Crippen LogP contribution in [0.2, 0.25) is 0 Å². The summed E-state index contributed by atoms with van der Waals surface area (Å²) in [5.74, 6) is 0. The van der Waals surface area contributed by atoms with E-state index in [1.807, 2.05) is 11.4 Å². The van der Waals surface area contributed by atoms with E-state index in [2.05, 4.69) is 5.32 Å². The Morgan fingerprint density at radius 3 is 2.29 bits per heavy atom. The van der Waals surface area contributed by atoms with E-state index in [-0.39, 0.29) is 6.61 Å². The van der Waals surface area contributed by atoms with Crippen molar-refractivity contribution >= 4 is 12.2 Å². The molecule has 0 aromatic heterocycles. The number of benzene rings is 1. The van der Waals surface area contributed by atoms with Crippen LogP contribution >= 0.6 is 0 Å². The number of halogens is 2. The van der Waals surface area contributed by atoms with E-state index in [9.17, 15) is 18.4 Å². The molecular formula is C16H22F2N2O4. The number of nitrogens with one attached hydrogen (secondary N) is 2. The van der Waals surface area contributed by atoms with Gasteiger partial charge in [0.25, 0.3) is 6.43 Å². The predicted molar refractivity (Wildman–Crippen MR) is 83.8 cm³/mol. The zero-order valence-corrected chi connectivity index (χ0v) is 13.8. The second-order valence-corrected chi connectivity index (χ2v) is 6.03. The molecule has 0 saturated heterocycles. The van der Waals surface area contributed by atoms with E-state index in [0.717, 1.165) is 5.56 Å². The van der Waals surface area contributed by atoms with E-state index < -0.39 is 36.8 Å². The van der Waals surface area contributed by atoms with Crippen LogP contribution < -0.4 is 10.6 Å². The van der Waals surface area contributed by atoms with Gasteiger partial charge in [-0.15, -0.1) is 0 Å². The van der Waals surface area contributed by atoms with Crippen LogP contribution in [-0.4, -0.2) is 36.8 Å². The number of carbonyl (C=O) groups excluding carboxylic acids is 2. The van der Waals surface area contributed by atoms with Gasteiger partial charge in [-0.1, -0.05) is 30.3 Å². The van der Waals surface area contributed by atoms with Crippen LogP contribution in [0.25, 0.3) is 0 Å². The van der Waals surface area contributed by atoms with Crippen molar-refractivity contribution < 1.29 is 27.8 Å². The molecule has 0 fully saturated rings. The van der Waals surface area contributed by atoms with Crippen LogP contribution in [0.5, 0.6) is 0 Å². The van der Waals surface area contributed by atoms with Crippen molar-refractivity contribution in [3.05, 3.63) is 35.9 Å². The zero-order valence-electron chi connectivity index (χ0n) is 13.8. The summed E-state index contributed by atoms with van der Waals surface area (Å²) < 4.78 is 35.7. The third kappa shape index (κ3) is 8.30. The Morgan fingerprint density at radius 2 is 1.75 bits per heavy atom. The summed E-state index contributed by atoms with van der Waals surface area (Å²) in [6, 6.07) is 7.34. The second kappa shape index (κ2) is 9.05. The Bertz CT molecular complexity index is 533. The van der Waals surface area contributed by atoms with Gasteiger partial charge in [-0.25, -0.2) is 18.4 Å². The van der Waals surface area contributed by atoms with Gasteiger partial charge in [0.2, 0.25) is 0 Å². The van der Waals surface area contributed by atoms with Gasteiger partial charge in [-0.05, 0) is 26.3 Å². The average Bonchev–Trinajstić information content (AvgIpc) is 2.48. The average molecular weight is 344 g/mol. The molecule has 0 unspecified atom stereocenters. The van der Waals surface area contributed by atoms with E-state index in [1.54, 1.807) is 45.0 Å². The van der Waals surface area contributed by atoms with Crippen molar-refractivity contribution in [2.24, 2.45) is 0 Å². The van der Waals surface area contributed by atoms with Gasteiger partial charge in [-0.3, -0.25) is 0 Å². The third-order valence-corrected chi connectivity index (χ3v) is 2.69. The fraction of sp³-hybridized carbons (Fsp3) is 0.500. The fourth-order valence-corrected chi connectivity index (χ4v) is 1.63. The summed E-state index contributed by atoms with van der Waals surface area (Å²) in [6.45, 7) is 4.38. The summed E-state index contributed by atoms with van der Waals surface area (Å²) in [6.07, 6.45) is -4.70. The molecule has 0 bridgehead atoms. The molecule has 0 aliphatic rings. The normalized spacial score (nSPS) is 12.4. The highest BCUT2D eigenvalue weighted by Gasteiger charge is 2.26. The monoisotopic (exact) mass is 344 g/mol. The van der Waals surface area contributed by atoms with E-state index in [4.69, 9.17) is 9.47 Å². The SMILES string of the molecule is CC(C)(C)OC(=O)N[C@@H](CNC(=O)OCc1ccccc1)C(F)F. The molecule has 0 heterocycles. The summed E-state index contributed by atoms with van der Waals surface area (Å²) in [5, 5.41) is 4.21. The molecule has 6 nitrogen and oxygen atoms in total. The topological polar surface area (TPSA) is 76.7 Å². The van der Waals surface area contributed by atoms with E-state index >= 15 is 0 Å². The maximum atomic E-state index is 12.9. The van der Waals surface area contributed by atoms with Crippen LogP contribution in [0.15, 0.2) is 30.3 Å². The van der Waals surface area contributed by atoms with Crippen molar-refractivity contribution in [3.8, 4) is 0 Å². The summed E-state index contributed by atoms with van der Waals surface area (Å²) in [7, 11) is 0. The molecule has 0 aliphatic carbocycles. The molecule has 1 atom stereocenters. The van der Waals surface area contributed by atoms with Gasteiger partial charge < -0.3 is 20.1 Å². The third-order valence-electron chi connectivity index (χ3n) is 2.69. The lowest BCUT2D eigenvalue weighted by Gasteiger charge is -2.23. The molecule has 0 radical (unpaired) electrons. The van der Waals surface area contributed by atoms with Crippen molar-refractivity contribution in [1.29, 1.82) is 0 Å². The molecule has 0 spiro atoms. The number of alkyl carbamates (subject to hydrolysis) is 2.